The van der Waals surface area contributed by atoms with Crippen molar-refractivity contribution in [3.8, 4) is 23.0 Å². The normalized spacial score (nSPS) is 24.2. The number of alkyl halides is 1. The van der Waals surface area contributed by atoms with Crippen molar-refractivity contribution in [1.29, 1.82) is 0 Å². The number of unbranched alkanes of at least 4 members (excludes halogenated alkanes) is 3. The van der Waals surface area contributed by atoms with E-state index in [1.165, 1.54) is 38.7 Å². The van der Waals surface area contributed by atoms with Crippen molar-refractivity contribution in [3.05, 3.63) is 48.1 Å². The summed E-state index contributed by atoms with van der Waals surface area (Å²) in [7, 11) is 2.69. The topological polar surface area (TPSA) is 372 Å². The lowest BCUT2D eigenvalue weighted by molar-refractivity contribution is -0.169. The first-order valence-electron chi connectivity index (χ1n) is 33.3. The highest BCUT2D eigenvalue weighted by atomic mass is 35.5. The second-order valence-electron chi connectivity index (χ2n) is 26.4. The Bertz CT molecular complexity index is 2840. The Morgan fingerprint density at radius 1 is 0.596 bits per heavy atom. The molecule has 0 bridgehead atoms. The van der Waals surface area contributed by atoms with E-state index in [4.69, 9.17) is 82.7 Å². The fourth-order valence-corrected chi connectivity index (χ4v) is 9.27. The number of aliphatic hydroxyl groups is 1. The maximum Gasteiger partial charge on any atom is 0.420 e. The molecule has 562 valence electrons. The first-order valence-corrected chi connectivity index (χ1v) is 33.6. The Morgan fingerprint density at radius 2 is 0.980 bits per heavy atom. The summed E-state index contributed by atoms with van der Waals surface area (Å²) in [6, 6.07) is -0.925. The predicted octanol–water partition coefficient (Wildman–Crippen LogP) is 7.48. The maximum atomic E-state index is 13.3. The summed E-state index contributed by atoms with van der Waals surface area (Å²) in [5.74, 6) is -4.64. The van der Waals surface area contributed by atoms with Gasteiger partial charge in [0.05, 0.1) is 71.9 Å². The van der Waals surface area contributed by atoms with Gasteiger partial charge in [-0.15, -0.1) is 11.6 Å². The van der Waals surface area contributed by atoms with E-state index in [9.17, 15) is 48.9 Å². The van der Waals surface area contributed by atoms with Crippen molar-refractivity contribution in [2.45, 2.75) is 232 Å². The number of carbonyl (C=O) groups is 7. The van der Waals surface area contributed by atoms with Gasteiger partial charge in [-0.25, -0.2) is 33.9 Å². The summed E-state index contributed by atoms with van der Waals surface area (Å²) in [5, 5.41) is 35.6. The Kier molecular flexibility index (Phi) is 37.1. The zero-order chi connectivity index (χ0) is 74.4. The van der Waals surface area contributed by atoms with Crippen LogP contribution in [0.3, 0.4) is 0 Å². The number of aromatic nitrogens is 2. The van der Waals surface area contributed by atoms with E-state index in [0.717, 1.165) is 44.1 Å². The number of halogens is 1. The van der Waals surface area contributed by atoms with Gasteiger partial charge < -0.3 is 97.0 Å². The molecule has 0 radical (unpaired) electrons. The summed E-state index contributed by atoms with van der Waals surface area (Å²) in [4.78, 5) is 97.6. The SMILES string of the molecule is C=C(C)CO[C@H]1[C@H](C)OC(=O)[C@@H](N(C(=O)OC(C)(C)C)C(=O)OC(C)(C)C)COC[C@@H]1OCCCC.CCCCO[C@H]1COC[C@H](NC(=O)c2nccc(OC)c2O)C(=O)O[C@@H](C)[C@@H]1O.CCCCO[C@H]1COC[C@H](NC(=O)c2nccc(OC)c2O)C(=O)O[C@@H](C)[C@@H]1OCC(C)(C)Cl. The molecule has 30 nitrogen and oxygen atoms in total. The van der Waals surface area contributed by atoms with Crippen LogP contribution in [-0.4, -0.2) is 248 Å². The minimum Gasteiger partial charge on any atom is -0.503 e. The summed E-state index contributed by atoms with van der Waals surface area (Å²) >= 11 is 6.29. The fraction of sp³-hybridized carbons (Fsp3) is 0.721. The van der Waals surface area contributed by atoms with Gasteiger partial charge in [-0.05, 0) is 102 Å². The fourth-order valence-electron chi connectivity index (χ4n) is 9.20. The Morgan fingerprint density at radius 3 is 1.37 bits per heavy atom. The first kappa shape index (κ1) is 86.5. The molecule has 31 heteroatoms. The summed E-state index contributed by atoms with van der Waals surface area (Å²) in [6.07, 6.45) is -0.536. The van der Waals surface area contributed by atoms with E-state index in [1.807, 2.05) is 27.7 Å². The van der Waals surface area contributed by atoms with Gasteiger partial charge in [0.25, 0.3) is 11.8 Å². The van der Waals surface area contributed by atoms with Crippen LogP contribution in [0.5, 0.6) is 23.0 Å². The standard InChI is InChI=1S/C26H45NO9.C23H35ClN2O8.C19H28N2O8/c1-11-12-13-32-20-16-31-15-19(22(28)34-18(4)21(20)33-14-17(2)3)27(23(29)35-25(5,6)7)24(30)36-26(8,9)10;1-6-7-10-32-17-12-31-11-15(22(29)34-14(2)20(17)33-13-23(3,4)24)26-21(28)18-19(27)16(30-5)8-9-25-18;1-4-5-8-28-14-10-27-9-12(19(25)29-11(2)16(14)22)21-18(24)15-17(23)13(26-3)6-7-20-15/h18-21H,2,11-16H2,1,3-10H3;8-9,14-15,17,20,27H,6-7,10-13H2,1-5H3,(H,26,28);6-7,11-12,14,16,22-23H,4-5,8-10H2,1-3H3,(H,21,24)/t18-,19-,20-,21-;14-,15-,17-,20-;11-,12-,14-,16-/m000/s1. The zero-order valence-electron chi connectivity index (χ0n) is 60.5. The van der Waals surface area contributed by atoms with Crippen LogP contribution in [0.4, 0.5) is 9.59 Å². The molecule has 0 unspecified atom stereocenters. The molecule has 5 N–H and O–H groups in total. The summed E-state index contributed by atoms with van der Waals surface area (Å²) < 4.78 is 84.1. The molecule has 0 spiro atoms. The first-order chi connectivity index (χ1) is 46.5. The number of nitrogens with zero attached hydrogens (tertiary/aromatic N) is 3. The van der Waals surface area contributed by atoms with E-state index in [2.05, 4.69) is 41.0 Å². The maximum absolute atomic E-state index is 13.3. The number of hydrogen-bond acceptors (Lipinski definition) is 27. The number of pyridine rings is 2. The number of nitrogens with one attached hydrogen (secondary N) is 2. The lowest BCUT2D eigenvalue weighted by Crippen LogP contribution is -2.54. The number of amides is 4. The highest BCUT2D eigenvalue weighted by molar-refractivity contribution is 6.23. The predicted molar refractivity (Wildman–Crippen MR) is 359 cm³/mol. The molecule has 4 amide bonds. The van der Waals surface area contributed by atoms with E-state index in [0.29, 0.717) is 24.7 Å². The average molecular weight is 1430 g/mol. The zero-order valence-corrected chi connectivity index (χ0v) is 61.3. The van der Waals surface area contributed by atoms with Crippen molar-refractivity contribution in [3.63, 3.8) is 0 Å². The number of ether oxygens (including phenoxy) is 15. The number of hydrogen-bond donors (Lipinski definition) is 5. The number of methoxy groups -OCH3 is 2. The van der Waals surface area contributed by atoms with E-state index >= 15 is 0 Å². The van der Waals surface area contributed by atoms with Crippen LogP contribution >= 0.6 is 11.6 Å². The largest absolute Gasteiger partial charge is 0.503 e. The molecule has 0 aromatic carbocycles. The molecular weight excluding hydrogens is 1320 g/mol. The molecule has 3 saturated heterocycles. The Balaban J connectivity index is 0.000000388. The molecule has 0 aliphatic carbocycles. The van der Waals surface area contributed by atoms with Crippen molar-refractivity contribution in [2.24, 2.45) is 0 Å². The second kappa shape index (κ2) is 42.5. The third-order valence-electron chi connectivity index (χ3n) is 14.3. The molecule has 12 atom stereocenters. The minimum atomic E-state index is -1.44. The van der Waals surface area contributed by atoms with E-state index in [1.54, 1.807) is 62.3 Å². The van der Waals surface area contributed by atoms with Crippen LogP contribution < -0.4 is 20.1 Å². The third-order valence-corrected chi connectivity index (χ3v) is 14.4. The minimum absolute atomic E-state index is 0.0287. The number of aromatic hydroxyl groups is 2. The molecule has 5 rings (SSSR count). The number of cyclic esters (lactones) is 3. The summed E-state index contributed by atoms with van der Waals surface area (Å²) in [6.45, 7) is 31.6. The van der Waals surface area contributed by atoms with Crippen LogP contribution in [0.1, 0.15) is 163 Å². The third kappa shape index (κ3) is 30.2. The van der Waals surface area contributed by atoms with Crippen molar-refractivity contribution in [2.75, 3.05) is 86.9 Å². The second-order valence-corrected chi connectivity index (χ2v) is 27.4. The monoisotopic (exact) mass is 1430 g/mol. The highest BCUT2D eigenvalue weighted by Crippen LogP contribution is 2.30. The molecule has 3 aliphatic heterocycles. The van der Waals surface area contributed by atoms with Crippen LogP contribution in [0.15, 0.2) is 36.7 Å². The smallest absolute Gasteiger partial charge is 0.420 e. The molecule has 2 aromatic heterocycles. The van der Waals surface area contributed by atoms with Crippen molar-refractivity contribution >= 4 is 53.5 Å². The lowest BCUT2D eigenvalue weighted by atomic mass is 10.1. The van der Waals surface area contributed by atoms with Crippen LogP contribution in [-0.2, 0) is 76.0 Å². The van der Waals surface area contributed by atoms with Gasteiger partial charge in [-0.2, -0.15) is 4.90 Å². The Labute approximate surface area is 586 Å². The van der Waals surface area contributed by atoms with Crippen LogP contribution in [0, 0.1) is 0 Å². The van der Waals surface area contributed by atoms with Gasteiger partial charge in [-0.3, -0.25) is 9.59 Å². The molecule has 3 aliphatic rings. The van der Waals surface area contributed by atoms with Gasteiger partial charge >= 0.3 is 30.1 Å². The molecular formula is C68H108ClN5O25. The number of rotatable bonds is 25. The highest BCUT2D eigenvalue weighted by Gasteiger charge is 2.45. The quantitative estimate of drug-likeness (QED) is 0.0211. The van der Waals surface area contributed by atoms with Gasteiger partial charge in [0.1, 0.15) is 66.1 Å². The molecule has 5 heterocycles. The average Bonchev–Trinajstić information content (AvgIpc) is 1.83. The molecule has 99 heavy (non-hydrogen) atoms. The number of imide groups is 1. The van der Waals surface area contributed by atoms with Crippen LogP contribution in [0.25, 0.3) is 0 Å². The molecule has 3 fully saturated rings. The summed E-state index contributed by atoms with van der Waals surface area (Å²) in [5.41, 5.74) is -1.64. The van der Waals surface area contributed by atoms with Crippen molar-refractivity contribution in [1.82, 2.24) is 25.5 Å². The van der Waals surface area contributed by atoms with Gasteiger partial charge in [0.2, 0.25) is 0 Å². The van der Waals surface area contributed by atoms with Crippen molar-refractivity contribution < 1.29 is 120 Å². The van der Waals surface area contributed by atoms with E-state index in [-0.39, 0.29) is 75.7 Å². The molecule has 2 aromatic rings. The van der Waals surface area contributed by atoms with Crippen LogP contribution in [0.2, 0.25) is 0 Å². The van der Waals surface area contributed by atoms with E-state index < -0.39 is 143 Å². The van der Waals surface area contributed by atoms with Gasteiger partial charge in [-0.1, -0.05) is 52.2 Å². The number of carbonyl (C=O) groups excluding carboxylic acids is 7. The lowest BCUT2D eigenvalue weighted by Gasteiger charge is -2.32. The molecule has 0 saturated carbocycles. The number of aliphatic hydroxyl groups excluding tert-OH is 1. The van der Waals surface area contributed by atoms with Gasteiger partial charge in [0, 0.05) is 44.3 Å². The number of esters is 3. The Hall–Kier alpha value is -6.74. The van der Waals surface area contributed by atoms with Gasteiger partial charge in [0.15, 0.2) is 52.5 Å².